The van der Waals surface area contributed by atoms with Gasteiger partial charge < -0.3 is 18.9 Å². The van der Waals surface area contributed by atoms with Gasteiger partial charge in [0, 0.05) is 12.8 Å². The number of carbonyl (C=O) groups excluding carboxylic acids is 2. The fourth-order valence-corrected chi connectivity index (χ4v) is 2.99. The van der Waals surface area contributed by atoms with Crippen LogP contribution in [0.2, 0.25) is 0 Å². The lowest BCUT2D eigenvalue weighted by atomic mass is 10.1. The van der Waals surface area contributed by atoms with E-state index in [-0.39, 0.29) is 25.2 Å². The molecule has 0 spiro atoms. The molecule has 0 unspecified atom stereocenters. The summed E-state index contributed by atoms with van der Waals surface area (Å²) in [7, 11) is 0. The Morgan fingerprint density at radius 3 is 1.20 bits per heavy atom. The first-order chi connectivity index (χ1) is 14.7. The summed E-state index contributed by atoms with van der Waals surface area (Å²) in [5, 5.41) is 0. The van der Waals surface area contributed by atoms with Crippen molar-refractivity contribution >= 4 is 11.9 Å². The molecule has 0 heterocycles. The summed E-state index contributed by atoms with van der Waals surface area (Å²) in [4.78, 5) is 23.1. The Hall–Kier alpha value is -1.14. The second-order valence-electron chi connectivity index (χ2n) is 7.70. The minimum atomic E-state index is -0.148. The van der Waals surface area contributed by atoms with Crippen molar-refractivity contribution in [3.8, 4) is 0 Å². The molecule has 0 aromatic heterocycles. The van der Waals surface area contributed by atoms with Gasteiger partial charge in [0.1, 0.15) is 13.2 Å². The topological polar surface area (TPSA) is 71.1 Å². The molecule has 0 aliphatic heterocycles. The highest BCUT2D eigenvalue weighted by Gasteiger charge is 2.03. The summed E-state index contributed by atoms with van der Waals surface area (Å²) in [6.07, 6.45) is 14.9. The zero-order valence-electron chi connectivity index (χ0n) is 19.6. The Kier molecular flexibility index (Phi) is 23.2. The summed E-state index contributed by atoms with van der Waals surface area (Å²) < 4.78 is 21.0. The molecule has 0 amide bonds. The molecule has 6 nitrogen and oxygen atoms in total. The maximum absolute atomic E-state index is 11.6. The predicted octanol–water partition coefficient (Wildman–Crippen LogP) is 5.61. The van der Waals surface area contributed by atoms with Crippen LogP contribution in [0, 0.1) is 0 Å². The predicted molar refractivity (Wildman–Crippen MR) is 120 cm³/mol. The highest BCUT2D eigenvalue weighted by molar-refractivity contribution is 5.69. The monoisotopic (exact) mass is 430 g/mol. The fraction of sp³-hybridized carbons (Fsp3) is 0.917. The molecular formula is C24H46O6. The van der Waals surface area contributed by atoms with Crippen LogP contribution in [-0.2, 0) is 28.5 Å². The van der Waals surface area contributed by atoms with Gasteiger partial charge >= 0.3 is 11.9 Å². The Morgan fingerprint density at radius 1 is 0.467 bits per heavy atom. The fourth-order valence-electron chi connectivity index (χ4n) is 2.99. The third-order valence-corrected chi connectivity index (χ3v) is 4.82. The summed E-state index contributed by atoms with van der Waals surface area (Å²) in [6.45, 7) is 6.56. The van der Waals surface area contributed by atoms with Gasteiger partial charge in [-0.25, -0.2) is 0 Å². The minimum Gasteiger partial charge on any atom is -0.463 e. The van der Waals surface area contributed by atoms with Gasteiger partial charge in [-0.1, -0.05) is 78.1 Å². The molecule has 0 N–H and O–H groups in total. The van der Waals surface area contributed by atoms with Crippen LogP contribution in [0.5, 0.6) is 0 Å². The first-order valence-electron chi connectivity index (χ1n) is 12.2. The standard InChI is InChI=1S/C24H46O6/c1-3-5-7-9-10-12-14-16-24(26)30-22-20-28-18-17-27-19-21-29-23(25)15-13-11-8-6-4-2/h3-22H2,1-2H3. The van der Waals surface area contributed by atoms with Crippen molar-refractivity contribution < 1.29 is 28.5 Å². The molecule has 0 bridgehead atoms. The van der Waals surface area contributed by atoms with Crippen LogP contribution in [0.1, 0.15) is 104 Å². The smallest absolute Gasteiger partial charge is 0.305 e. The number of hydrogen-bond acceptors (Lipinski definition) is 6. The Labute approximate surface area is 184 Å². The number of hydrogen-bond donors (Lipinski definition) is 0. The number of esters is 2. The second-order valence-corrected chi connectivity index (χ2v) is 7.70. The Bertz CT molecular complexity index is 386. The van der Waals surface area contributed by atoms with Crippen molar-refractivity contribution in [1.29, 1.82) is 0 Å². The molecule has 0 fully saturated rings. The van der Waals surface area contributed by atoms with E-state index in [0.717, 1.165) is 25.7 Å². The van der Waals surface area contributed by atoms with Gasteiger partial charge in [0.25, 0.3) is 0 Å². The third kappa shape index (κ3) is 23.1. The number of carbonyl (C=O) groups is 2. The Balaban J connectivity index is 3.23. The number of rotatable bonds is 23. The van der Waals surface area contributed by atoms with E-state index >= 15 is 0 Å². The highest BCUT2D eigenvalue weighted by Crippen LogP contribution is 2.09. The van der Waals surface area contributed by atoms with Crippen molar-refractivity contribution in [3.05, 3.63) is 0 Å². The van der Waals surface area contributed by atoms with Crippen molar-refractivity contribution in [1.82, 2.24) is 0 Å². The average Bonchev–Trinajstić information content (AvgIpc) is 2.74. The normalized spacial score (nSPS) is 10.9. The minimum absolute atomic E-state index is 0.143. The SMILES string of the molecule is CCCCCCCCCC(=O)OCCOCCOCCOC(=O)CCCCCCC. The van der Waals surface area contributed by atoms with Gasteiger partial charge in [-0.2, -0.15) is 0 Å². The van der Waals surface area contributed by atoms with E-state index in [2.05, 4.69) is 13.8 Å². The lowest BCUT2D eigenvalue weighted by molar-refractivity contribution is -0.147. The second kappa shape index (κ2) is 24.1. The van der Waals surface area contributed by atoms with Gasteiger partial charge in [-0.3, -0.25) is 9.59 Å². The molecule has 0 saturated carbocycles. The Morgan fingerprint density at radius 2 is 0.800 bits per heavy atom. The maximum atomic E-state index is 11.6. The van der Waals surface area contributed by atoms with Crippen molar-refractivity contribution in [3.63, 3.8) is 0 Å². The first-order valence-corrected chi connectivity index (χ1v) is 12.2. The third-order valence-electron chi connectivity index (χ3n) is 4.82. The van der Waals surface area contributed by atoms with Crippen LogP contribution in [-0.4, -0.2) is 51.6 Å². The molecule has 0 saturated heterocycles. The molecule has 0 rings (SSSR count). The largest absolute Gasteiger partial charge is 0.463 e. The van der Waals surface area contributed by atoms with Crippen LogP contribution in [0.4, 0.5) is 0 Å². The van der Waals surface area contributed by atoms with Crippen molar-refractivity contribution in [2.24, 2.45) is 0 Å². The van der Waals surface area contributed by atoms with Crippen molar-refractivity contribution in [2.75, 3.05) is 39.6 Å². The highest BCUT2D eigenvalue weighted by atomic mass is 16.6. The molecule has 0 aliphatic rings. The van der Waals surface area contributed by atoms with Crippen LogP contribution < -0.4 is 0 Å². The molecule has 0 atom stereocenters. The van der Waals surface area contributed by atoms with E-state index in [9.17, 15) is 9.59 Å². The zero-order chi connectivity index (χ0) is 22.1. The molecule has 30 heavy (non-hydrogen) atoms. The molecular weight excluding hydrogens is 384 g/mol. The first kappa shape index (κ1) is 28.9. The van der Waals surface area contributed by atoms with Crippen LogP contribution in [0.3, 0.4) is 0 Å². The van der Waals surface area contributed by atoms with Gasteiger partial charge in [-0.05, 0) is 12.8 Å². The summed E-state index contributed by atoms with van der Waals surface area (Å²) in [5.74, 6) is -0.291. The van der Waals surface area contributed by atoms with E-state index in [1.807, 2.05) is 0 Å². The van der Waals surface area contributed by atoms with E-state index in [1.54, 1.807) is 0 Å². The molecule has 0 aliphatic carbocycles. The van der Waals surface area contributed by atoms with E-state index in [1.165, 1.54) is 51.4 Å². The molecule has 0 radical (unpaired) electrons. The van der Waals surface area contributed by atoms with Gasteiger partial charge in [0.2, 0.25) is 0 Å². The average molecular weight is 431 g/mol. The van der Waals surface area contributed by atoms with Gasteiger partial charge in [-0.15, -0.1) is 0 Å². The zero-order valence-corrected chi connectivity index (χ0v) is 19.6. The van der Waals surface area contributed by atoms with Crippen molar-refractivity contribution in [2.45, 2.75) is 104 Å². The van der Waals surface area contributed by atoms with Crippen LogP contribution in [0.25, 0.3) is 0 Å². The maximum Gasteiger partial charge on any atom is 0.305 e. The van der Waals surface area contributed by atoms with Gasteiger partial charge in [0.15, 0.2) is 0 Å². The van der Waals surface area contributed by atoms with Gasteiger partial charge in [0.05, 0.1) is 26.4 Å². The molecule has 178 valence electrons. The van der Waals surface area contributed by atoms with E-state index < -0.39 is 0 Å². The van der Waals surface area contributed by atoms with Crippen LogP contribution in [0.15, 0.2) is 0 Å². The summed E-state index contributed by atoms with van der Waals surface area (Å²) in [5.41, 5.74) is 0. The van der Waals surface area contributed by atoms with Crippen LogP contribution >= 0.6 is 0 Å². The summed E-state index contributed by atoms with van der Waals surface area (Å²) in [6, 6.07) is 0. The number of unbranched alkanes of at least 4 members (excludes halogenated alkanes) is 10. The molecule has 0 aromatic carbocycles. The summed E-state index contributed by atoms with van der Waals surface area (Å²) >= 11 is 0. The molecule has 0 aromatic rings. The van der Waals surface area contributed by atoms with E-state index in [4.69, 9.17) is 18.9 Å². The molecule has 6 heteroatoms. The number of ether oxygens (including phenoxy) is 4. The van der Waals surface area contributed by atoms with E-state index in [0.29, 0.717) is 39.3 Å². The lowest BCUT2D eigenvalue weighted by Gasteiger charge is -2.08. The lowest BCUT2D eigenvalue weighted by Crippen LogP contribution is -2.15. The quantitative estimate of drug-likeness (QED) is 0.155.